The molecule has 2 atom stereocenters. The van der Waals surface area contributed by atoms with Crippen LogP contribution in [0.15, 0.2) is 53.4 Å². The van der Waals surface area contributed by atoms with E-state index in [9.17, 15) is 9.59 Å². The van der Waals surface area contributed by atoms with Gasteiger partial charge in [0.1, 0.15) is 0 Å². The number of benzene rings is 2. The van der Waals surface area contributed by atoms with Crippen molar-refractivity contribution in [1.29, 1.82) is 0 Å². The highest BCUT2D eigenvalue weighted by Crippen LogP contribution is 2.35. The quantitative estimate of drug-likeness (QED) is 0.841. The van der Waals surface area contributed by atoms with Crippen LogP contribution in [0.4, 0.5) is 11.4 Å². The van der Waals surface area contributed by atoms with Gasteiger partial charge in [-0.05, 0) is 56.2 Å². The third-order valence-electron chi connectivity index (χ3n) is 4.28. The van der Waals surface area contributed by atoms with Crippen molar-refractivity contribution in [3.8, 4) is 0 Å². The van der Waals surface area contributed by atoms with Gasteiger partial charge in [-0.15, -0.1) is 11.8 Å². The predicted molar refractivity (Wildman–Crippen MR) is 103 cm³/mol. The molecule has 2 aromatic rings. The highest BCUT2D eigenvalue weighted by Gasteiger charge is 2.33. The fourth-order valence-corrected chi connectivity index (χ4v) is 4.09. The van der Waals surface area contributed by atoms with E-state index in [1.165, 1.54) is 24.2 Å². The number of para-hydroxylation sites is 1. The highest BCUT2D eigenvalue weighted by molar-refractivity contribution is 8.00. The zero-order chi connectivity index (χ0) is 18.0. The zero-order valence-electron chi connectivity index (χ0n) is 14.7. The van der Waals surface area contributed by atoms with Crippen LogP contribution in [-0.4, -0.2) is 23.1 Å². The van der Waals surface area contributed by atoms with Crippen molar-refractivity contribution in [3.63, 3.8) is 0 Å². The second-order valence-electron chi connectivity index (χ2n) is 6.36. The van der Waals surface area contributed by atoms with Gasteiger partial charge in [0.05, 0.1) is 5.25 Å². The molecular weight excluding hydrogens is 332 g/mol. The van der Waals surface area contributed by atoms with E-state index in [1.807, 2.05) is 54.3 Å². The number of carbonyl (C=O) groups is 2. The monoisotopic (exact) mass is 354 g/mol. The lowest BCUT2D eigenvalue weighted by atomic mass is 10.1. The number of amides is 2. The molecule has 3 rings (SSSR count). The van der Waals surface area contributed by atoms with Crippen molar-refractivity contribution >= 4 is 35.0 Å². The van der Waals surface area contributed by atoms with Crippen LogP contribution < -0.4 is 10.2 Å². The molecule has 0 unspecified atom stereocenters. The summed E-state index contributed by atoms with van der Waals surface area (Å²) in [7, 11) is 0. The van der Waals surface area contributed by atoms with Gasteiger partial charge >= 0.3 is 0 Å². The summed E-state index contributed by atoms with van der Waals surface area (Å²) >= 11 is 1.54. The molecule has 1 aliphatic heterocycles. The maximum absolute atomic E-state index is 13.0. The zero-order valence-corrected chi connectivity index (χ0v) is 15.5. The third-order valence-corrected chi connectivity index (χ3v) is 5.38. The van der Waals surface area contributed by atoms with E-state index in [0.29, 0.717) is 0 Å². The molecule has 25 heavy (non-hydrogen) atoms. The van der Waals surface area contributed by atoms with Crippen molar-refractivity contribution in [2.75, 3.05) is 10.2 Å². The van der Waals surface area contributed by atoms with Gasteiger partial charge in [0.25, 0.3) is 0 Å². The molecule has 2 aromatic carbocycles. The van der Waals surface area contributed by atoms with E-state index in [-0.39, 0.29) is 23.1 Å². The van der Waals surface area contributed by atoms with Crippen LogP contribution in [0, 0.1) is 0 Å². The van der Waals surface area contributed by atoms with Gasteiger partial charge in [-0.2, -0.15) is 0 Å². The minimum absolute atomic E-state index is 0.0920. The number of rotatable bonds is 4. The van der Waals surface area contributed by atoms with E-state index < -0.39 is 0 Å². The van der Waals surface area contributed by atoms with Crippen molar-refractivity contribution in [1.82, 2.24) is 0 Å². The number of carbonyl (C=O) groups excluding carboxylic acids is 2. The summed E-state index contributed by atoms with van der Waals surface area (Å²) in [5.74, 6) is 0.0408. The number of nitrogens with zero attached hydrogens (tertiary/aromatic N) is 1. The topological polar surface area (TPSA) is 49.4 Å². The lowest BCUT2D eigenvalue weighted by Crippen LogP contribution is -2.40. The van der Waals surface area contributed by atoms with E-state index in [0.717, 1.165) is 22.7 Å². The van der Waals surface area contributed by atoms with Gasteiger partial charge in [0.2, 0.25) is 11.8 Å². The average molecular weight is 354 g/mol. The van der Waals surface area contributed by atoms with Crippen molar-refractivity contribution in [2.45, 2.75) is 43.4 Å². The van der Waals surface area contributed by atoms with E-state index in [1.54, 1.807) is 0 Å². The fraction of sp³-hybridized carbons (Fsp3) is 0.300. The first kappa shape index (κ1) is 17.5. The predicted octanol–water partition coefficient (Wildman–Crippen LogP) is 4.10. The summed E-state index contributed by atoms with van der Waals surface area (Å²) < 4.78 is 0. The van der Waals surface area contributed by atoms with Crippen molar-refractivity contribution < 1.29 is 9.59 Å². The van der Waals surface area contributed by atoms with Crippen LogP contribution in [-0.2, 0) is 16.0 Å². The maximum atomic E-state index is 13.0. The van der Waals surface area contributed by atoms with E-state index >= 15 is 0 Å². The Bertz CT molecular complexity index is 789. The van der Waals surface area contributed by atoms with Crippen LogP contribution >= 0.6 is 11.8 Å². The molecule has 0 spiro atoms. The minimum Gasteiger partial charge on any atom is -0.326 e. The Morgan fingerprint density at radius 1 is 1.16 bits per heavy atom. The number of anilines is 2. The molecule has 1 heterocycles. The standard InChI is InChI=1S/C20H22N2O2S/c1-13-12-16-6-4-5-7-19(16)22(13)20(24)14(2)25-18-10-8-17(9-11-18)21-15(3)23/h4-11,13-14H,12H2,1-3H3,(H,21,23)/t13-,14-/m1/s1. The van der Waals surface area contributed by atoms with Crippen LogP contribution in [0.3, 0.4) is 0 Å². The Kier molecular flexibility index (Phi) is 5.13. The Labute approximate surface area is 152 Å². The van der Waals surface area contributed by atoms with Crippen LogP contribution in [0.2, 0.25) is 0 Å². The first-order valence-corrected chi connectivity index (χ1v) is 9.29. The van der Waals surface area contributed by atoms with Crippen molar-refractivity contribution in [2.24, 2.45) is 0 Å². The summed E-state index contributed by atoms with van der Waals surface area (Å²) in [6, 6.07) is 15.9. The molecule has 1 N–H and O–H groups in total. The lowest BCUT2D eigenvalue weighted by Gasteiger charge is -2.26. The summed E-state index contributed by atoms with van der Waals surface area (Å²) in [5.41, 5.74) is 3.03. The lowest BCUT2D eigenvalue weighted by molar-refractivity contribution is -0.118. The molecule has 0 saturated carbocycles. The van der Waals surface area contributed by atoms with E-state index in [2.05, 4.69) is 18.3 Å². The summed E-state index contributed by atoms with van der Waals surface area (Å²) in [6.45, 7) is 5.53. The Balaban J connectivity index is 1.70. The first-order chi connectivity index (χ1) is 12.0. The van der Waals surface area contributed by atoms with Gasteiger partial charge in [-0.25, -0.2) is 0 Å². The Morgan fingerprint density at radius 3 is 2.52 bits per heavy atom. The number of nitrogens with one attached hydrogen (secondary N) is 1. The smallest absolute Gasteiger partial charge is 0.240 e. The summed E-state index contributed by atoms with van der Waals surface area (Å²) in [4.78, 5) is 27.0. The third kappa shape index (κ3) is 3.87. The van der Waals surface area contributed by atoms with Gasteiger partial charge in [-0.1, -0.05) is 18.2 Å². The molecular formula is C20H22N2O2S. The second-order valence-corrected chi connectivity index (χ2v) is 7.77. The van der Waals surface area contributed by atoms with Gasteiger partial charge < -0.3 is 10.2 Å². The van der Waals surface area contributed by atoms with Gasteiger partial charge in [-0.3, -0.25) is 9.59 Å². The number of hydrogen-bond donors (Lipinski definition) is 1. The molecule has 2 amide bonds. The molecule has 0 saturated heterocycles. The largest absolute Gasteiger partial charge is 0.326 e. The molecule has 0 fully saturated rings. The van der Waals surface area contributed by atoms with Crippen LogP contribution in [0.25, 0.3) is 0 Å². The molecule has 4 nitrogen and oxygen atoms in total. The molecule has 5 heteroatoms. The molecule has 0 bridgehead atoms. The maximum Gasteiger partial charge on any atom is 0.240 e. The number of hydrogen-bond acceptors (Lipinski definition) is 3. The SMILES string of the molecule is CC(=O)Nc1ccc(S[C@H](C)C(=O)N2c3ccccc3C[C@H]2C)cc1. The second kappa shape index (κ2) is 7.31. The van der Waals surface area contributed by atoms with Crippen LogP contribution in [0.5, 0.6) is 0 Å². The average Bonchev–Trinajstić information content (AvgIpc) is 2.91. The normalized spacial score (nSPS) is 17.1. The molecule has 130 valence electrons. The fourth-order valence-electron chi connectivity index (χ4n) is 3.17. The molecule has 0 aliphatic carbocycles. The molecule has 0 aromatic heterocycles. The molecule has 1 aliphatic rings. The molecule has 0 radical (unpaired) electrons. The Hall–Kier alpha value is -2.27. The van der Waals surface area contributed by atoms with Crippen LogP contribution in [0.1, 0.15) is 26.3 Å². The minimum atomic E-state index is -0.180. The summed E-state index contributed by atoms with van der Waals surface area (Å²) in [5, 5.41) is 2.57. The highest BCUT2D eigenvalue weighted by atomic mass is 32.2. The van der Waals surface area contributed by atoms with E-state index in [4.69, 9.17) is 0 Å². The van der Waals surface area contributed by atoms with Gasteiger partial charge in [0, 0.05) is 29.2 Å². The Morgan fingerprint density at radius 2 is 1.84 bits per heavy atom. The van der Waals surface area contributed by atoms with Crippen molar-refractivity contribution in [3.05, 3.63) is 54.1 Å². The number of thioether (sulfide) groups is 1. The summed E-state index contributed by atoms with van der Waals surface area (Å²) in [6.07, 6.45) is 0.907. The first-order valence-electron chi connectivity index (χ1n) is 8.41. The number of fused-ring (bicyclic) bond motifs is 1. The van der Waals surface area contributed by atoms with Gasteiger partial charge in [0.15, 0.2) is 0 Å².